The van der Waals surface area contributed by atoms with Gasteiger partial charge in [-0.1, -0.05) is 109 Å². The molecule has 0 fully saturated rings. The Morgan fingerprint density at radius 3 is 1.24 bits per heavy atom. The van der Waals surface area contributed by atoms with E-state index in [0.717, 1.165) is 147 Å². The molecule has 0 unspecified atom stereocenters. The van der Waals surface area contributed by atoms with Crippen molar-refractivity contribution in [3.63, 3.8) is 0 Å². The quantitative estimate of drug-likeness (QED) is 0.0374. The monoisotopic (exact) mass is 1790 g/mol. The van der Waals surface area contributed by atoms with Crippen LogP contribution in [0.25, 0.3) is 22.5 Å². The van der Waals surface area contributed by atoms with Crippen LogP contribution >= 0.6 is 52.3 Å². The van der Waals surface area contributed by atoms with Gasteiger partial charge < -0.3 is 29.4 Å². The number of rotatable bonds is 13. The molecule has 0 atom stereocenters. The summed E-state index contributed by atoms with van der Waals surface area (Å²) in [5, 5.41) is 6.80. The molecule has 32 heteroatoms. The van der Waals surface area contributed by atoms with Gasteiger partial charge in [0.25, 0.3) is 5.24 Å². The summed E-state index contributed by atoms with van der Waals surface area (Å²) in [6.45, 7) is 8.08. The Morgan fingerprint density at radius 2 is 0.824 bits per heavy atom. The lowest BCUT2D eigenvalue weighted by atomic mass is 9.99. The molecule has 16 nitrogen and oxygen atoms in total. The molecule has 5 aliphatic heterocycles. The number of nitrogens with two attached hydrogens (primary N) is 1. The van der Waals surface area contributed by atoms with Gasteiger partial charge >= 0.3 is 24.7 Å². The first kappa shape index (κ1) is 97.5. The molecule has 8 aromatic carbocycles. The Morgan fingerprint density at radius 1 is 0.445 bits per heavy atom. The van der Waals surface area contributed by atoms with Gasteiger partial charge in [0.05, 0.1) is 68.4 Å². The second-order valence-corrected chi connectivity index (χ2v) is 28.0. The van der Waals surface area contributed by atoms with Crippen molar-refractivity contribution < 1.29 is 105 Å². The maximum atomic E-state index is 13.4. The zero-order valence-corrected chi connectivity index (χ0v) is 68.6. The fourth-order valence-corrected chi connectivity index (χ4v) is 12.8. The molecule has 2 N–H and O–H groups in total. The second kappa shape index (κ2) is 46.3. The molecule has 0 amide bonds. The molecule has 636 valence electrons. The molecule has 10 aromatic rings. The van der Waals surface area contributed by atoms with Crippen LogP contribution in [0.3, 0.4) is 0 Å². The normalized spacial score (nSPS) is 13.2. The molecule has 0 saturated heterocycles. The van der Waals surface area contributed by atoms with Crippen molar-refractivity contribution in [3.05, 3.63) is 266 Å². The number of para-hydroxylation sites is 1. The predicted molar refractivity (Wildman–Crippen MR) is 435 cm³/mol. The predicted octanol–water partition coefficient (Wildman–Crippen LogP) is 21.1. The smallest absolute Gasteiger partial charge is 0.450 e. The highest BCUT2D eigenvalue weighted by molar-refractivity contribution is 9.10. The first-order valence-corrected chi connectivity index (χ1v) is 38.2. The maximum absolute atomic E-state index is 13.4. The molecule has 0 bridgehead atoms. The van der Waals surface area contributed by atoms with Crippen molar-refractivity contribution in [2.75, 3.05) is 39.6 Å². The van der Waals surface area contributed by atoms with Crippen molar-refractivity contribution in [2.24, 2.45) is 5.73 Å². The molecule has 0 radical (unpaired) electrons. The highest BCUT2D eigenvalue weighted by Crippen LogP contribution is 2.42. The van der Waals surface area contributed by atoms with Crippen molar-refractivity contribution in [1.29, 1.82) is 0 Å². The number of carbonyl (C=O) groups excluding carboxylic acids is 6. The highest BCUT2D eigenvalue weighted by Gasteiger charge is 2.41. The number of hydrogen-bond acceptors (Lipinski definition) is 14. The van der Waals surface area contributed by atoms with E-state index in [-0.39, 0.29) is 53.7 Å². The highest BCUT2D eigenvalue weighted by atomic mass is 79.9. The number of ketones is 5. The Bertz CT molecular complexity index is 4970. The number of hydrogen-bond donors (Lipinski definition) is 1. The fraction of sp³-hybridized carbons (Fsp3) is 0.310. The summed E-state index contributed by atoms with van der Waals surface area (Å²) in [5.74, 6) is -0.828. The minimum absolute atomic E-state index is 0. The summed E-state index contributed by atoms with van der Waals surface area (Å²) < 4.78 is 179. The number of aromatic nitrogens is 4. The largest absolute Gasteiger partial charge is 0.493 e. The summed E-state index contributed by atoms with van der Waals surface area (Å²) in [6, 6.07) is 59.4. The molecule has 0 saturated carbocycles. The third kappa shape index (κ3) is 30.5. The van der Waals surface area contributed by atoms with E-state index in [1.165, 1.54) is 44.6 Å². The lowest BCUT2D eigenvalue weighted by Gasteiger charge is -2.18. The molecular formula is C87H85BrCl3F12N5O11. The number of alkyl halides is 12. The number of nitrogens with zero attached hydrogens (tertiary/aromatic N) is 4. The Labute approximate surface area is 705 Å². The first-order valence-electron chi connectivity index (χ1n) is 37.0. The lowest BCUT2D eigenvalue weighted by Crippen LogP contribution is -2.25. The van der Waals surface area contributed by atoms with Crippen molar-refractivity contribution in [2.45, 2.75) is 136 Å². The van der Waals surface area contributed by atoms with E-state index in [1.54, 1.807) is 25.1 Å². The van der Waals surface area contributed by atoms with Crippen LogP contribution in [0.2, 0.25) is 0 Å². The van der Waals surface area contributed by atoms with Crippen LogP contribution < -0.4 is 29.4 Å². The van der Waals surface area contributed by atoms with Gasteiger partial charge in [-0.3, -0.25) is 38.1 Å². The molecule has 0 spiro atoms. The van der Waals surface area contributed by atoms with Gasteiger partial charge in [-0.25, -0.2) is 0 Å². The number of carbonyl (C=O) groups is 6. The summed E-state index contributed by atoms with van der Waals surface area (Å²) >= 11 is 7.77. The van der Waals surface area contributed by atoms with Crippen LogP contribution in [-0.2, 0) is 83.1 Å². The van der Waals surface area contributed by atoms with Crippen LogP contribution in [0.4, 0.5) is 52.7 Å². The maximum Gasteiger partial charge on any atom is 0.450 e. The van der Waals surface area contributed by atoms with Crippen LogP contribution in [0.15, 0.2) is 199 Å². The standard InChI is InChI=1S/C20H16BrF3N2O.C20H17F3N2O.C13H11F3O3.C11H12O2.C9H10O.C8H11N.C3H3ClO2.C3H3F3O.2ClH/c21-17-18(15-8-9-16-14(11-15)7-4-10-27-16)26(25-19(17)20(22,23)24)12-13-5-2-1-3-6-13;21-20(22,23)19-12-17(25(24-19)13-14-5-2-1-3-6-14)15-8-9-18-16(11-15)7-4-10-26-18;14-13(15,16)12(18)7-10(17)8-3-4-11-9(6-8)2-1-5-19-11;1-8(12)9-4-5-11-10(7-9)3-2-6-13-11;1-2-6-9-8(4-1)5-3-7-10-9;9-7-6-8-4-2-1-3-5-8;1-2(5)3(4)6;1-2(7)3(4,5)6;;/h1-3,5-6,8-9,11H,4,7,10,12H2;1-3,5-6,8-9,11-12H,4,7,10,13H2;3-4,6H,1-2,5,7H2;4-5,7H,2-3,6H2,1H3;1-2,4,6H,3,5,7H2;1-5H,6-7,9H2;1H3;1H3;2*1H. The number of Topliss-reactive ketones (excluding diaryl/α,β-unsaturated/α-hetero) is 5. The number of benzene rings is 8. The summed E-state index contributed by atoms with van der Waals surface area (Å²) in [7, 11) is 0. The molecule has 7 heterocycles. The van der Waals surface area contributed by atoms with E-state index in [9.17, 15) is 81.5 Å². The van der Waals surface area contributed by atoms with Gasteiger partial charge in [0.15, 0.2) is 23.0 Å². The van der Waals surface area contributed by atoms with E-state index < -0.39 is 70.9 Å². The first-order chi connectivity index (χ1) is 55.6. The zero-order chi connectivity index (χ0) is 85.0. The van der Waals surface area contributed by atoms with Gasteiger partial charge in [0.2, 0.25) is 17.3 Å². The number of fused-ring (bicyclic) bond motifs is 5. The van der Waals surface area contributed by atoms with E-state index in [2.05, 4.69) is 62.0 Å². The Kier molecular flexibility index (Phi) is 37.9. The fourth-order valence-electron chi connectivity index (χ4n) is 12.0. The topological polar surface area (TPSA) is 210 Å². The average Bonchev–Trinajstić information content (AvgIpc) is 1.63. The van der Waals surface area contributed by atoms with E-state index in [1.807, 2.05) is 133 Å². The minimum atomic E-state index is -4.97. The zero-order valence-electron chi connectivity index (χ0n) is 64.6. The average molecular weight is 1790 g/mol. The van der Waals surface area contributed by atoms with Gasteiger partial charge in [0, 0.05) is 36.1 Å². The minimum Gasteiger partial charge on any atom is -0.493 e. The summed E-state index contributed by atoms with van der Waals surface area (Å²) in [5.41, 5.74) is 15.2. The molecule has 5 aliphatic rings. The van der Waals surface area contributed by atoms with Gasteiger partial charge in [0.1, 0.15) is 28.7 Å². The van der Waals surface area contributed by atoms with Crippen LogP contribution in [-0.4, -0.2) is 106 Å². The molecule has 15 rings (SSSR count). The third-order valence-electron chi connectivity index (χ3n) is 17.9. The number of halogens is 16. The molecule has 119 heavy (non-hydrogen) atoms. The van der Waals surface area contributed by atoms with Crippen molar-refractivity contribution >= 4 is 86.5 Å². The molecule has 0 aliphatic carbocycles. The SMILES string of the molecule is CC(=O)C(=O)Cl.CC(=O)C(F)(F)F.CC(=O)c1ccc2c(c1)CCCO2.Cl.Cl.FC(F)(F)c1cc(-c2ccc3c(c2)CCCO3)n(Cc2ccccc2)n1.FC(F)(F)c1nn(Cc2ccccc2)c(-c2ccc3c(c2)CCCO3)c1Br.NCCc1ccccc1.O=C(CC(=O)C(F)(F)F)c1ccc2c(c1)CCCO2.c1ccc2c(c1)CCCO2. The van der Waals surface area contributed by atoms with Gasteiger partial charge in [-0.05, 0) is 241 Å². The summed E-state index contributed by atoms with van der Waals surface area (Å²) in [4.78, 5) is 62.0. The van der Waals surface area contributed by atoms with E-state index in [0.29, 0.717) is 61.4 Å². The van der Waals surface area contributed by atoms with E-state index in [4.69, 9.17) is 29.4 Å². The Balaban J connectivity index is 0.000000222. The lowest BCUT2D eigenvalue weighted by molar-refractivity contribution is -0.170. The third-order valence-corrected chi connectivity index (χ3v) is 18.9. The summed E-state index contributed by atoms with van der Waals surface area (Å²) in [6.07, 6.45) is -9.34. The number of aryl methyl sites for hydroxylation is 5. The van der Waals surface area contributed by atoms with Crippen LogP contribution in [0, 0.1) is 0 Å². The number of ether oxygens (including phenoxy) is 5. The van der Waals surface area contributed by atoms with Gasteiger partial charge in [-0.15, -0.1) is 24.8 Å². The molecule has 2 aromatic heterocycles. The van der Waals surface area contributed by atoms with Crippen molar-refractivity contribution in [1.82, 2.24) is 19.6 Å². The van der Waals surface area contributed by atoms with Crippen molar-refractivity contribution in [3.8, 4) is 51.3 Å². The molecular weight excluding hydrogens is 1710 g/mol. The second-order valence-electron chi connectivity index (χ2n) is 26.9. The Hall–Kier alpha value is -10.3. The van der Waals surface area contributed by atoms with Crippen LogP contribution in [0.5, 0.6) is 28.7 Å². The van der Waals surface area contributed by atoms with E-state index >= 15 is 0 Å². The van der Waals surface area contributed by atoms with Gasteiger partial charge in [-0.2, -0.15) is 62.9 Å². The van der Waals surface area contributed by atoms with Crippen LogP contribution in [0.1, 0.15) is 136 Å².